The van der Waals surface area contributed by atoms with E-state index >= 15 is 0 Å². The van der Waals surface area contributed by atoms with Crippen molar-refractivity contribution in [2.45, 2.75) is 25.4 Å². The maximum absolute atomic E-state index is 13.1. The average Bonchev–Trinajstić information content (AvgIpc) is 2.89. The van der Waals surface area contributed by atoms with Crippen LogP contribution in [-0.4, -0.2) is 63.6 Å². The first-order valence-electron chi connectivity index (χ1n) is 11.1. The molecule has 1 N–H and O–H groups in total. The summed E-state index contributed by atoms with van der Waals surface area (Å²) < 4.78 is 21.3. The van der Waals surface area contributed by atoms with E-state index in [-0.39, 0.29) is 11.5 Å². The highest BCUT2D eigenvalue weighted by Crippen LogP contribution is 2.38. The monoisotopic (exact) mass is 470 g/mol. The first-order valence-corrected chi connectivity index (χ1v) is 11.1. The van der Waals surface area contributed by atoms with Crippen LogP contribution in [0, 0.1) is 0 Å². The maximum atomic E-state index is 13.1. The molecular formula is C25H30N2O7. The van der Waals surface area contributed by atoms with Crippen molar-refractivity contribution in [3.05, 3.63) is 53.6 Å². The molecule has 1 unspecified atom stereocenters. The van der Waals surface area contributed by atoms with Crippen LogP contribution < -0.4 is 19.5 Å². The largest absolute Gasteiger partial charge is 0.493 e. The van der Waals surface area contributed by atoms with E-state index in [0.717, 1.165) is 19.3 Å². The van der Waals surface area contributed by atoms with Gasteiger partial charge in [0.25, 0.3) is 11.8 Å². The van der Waals surface area contributed by atoms with Crippen LogP contribution in [-0.2, 0) is 14.3 Å². The zero-order valence-electron chi connectivity index (χ0n) is 19.7. The molecule has 1 saturated heterocycles. The number of carbonyl (C=O) groups is 3. The number of hydrogen-bond donors (Lipinski definition) is 1. The van der Waals surface area contributed by atoms with E-state index in [0.29, 0.717) is 35.9 Å². The summed E-state index contributed by atoms with van der Waals surface area (Å²) in [5.74, 6) is -0.537. The van der Waals surface area contributed by atoms with Gasteiger partial charge >= 0.3 is 5.97 Å². The number of benzene rings is 2. The number of methoxy groups -OCH3 is 3. The second-order valence-corrected chi connectivity index (χ2v) is 7.76. The summed E-state index contributed by atoms with van der Waals surface area (Å²) in [5, 5.41) is 2.52. The molecule has 0 bridgehead atoms. The summed E-state index contributed by atoms with van der Waals surface area (Å²) in [5.41, 5.74) is 0.800. The minimum absolute atomic E-state index is 0.214. The van der Waals surface area contributed by atoms with Crippen LogP contribution in [0.3, 0.4) is 0 Å². The molecule has 0 aromatic heterocycles. The van der Waals surface area contributed by atoms with Crippen LogP contribution in [0.15, 0.2) is 42.5 Å². The second kappa shape index (κ2) is 11.9. The number of nitrogens with zero attached hydrogens (tertiary/aromatic N) is 1. The van der Waals surface area contributed by atoms with Gasteiger partial charge in [-0.1, -0.05) is 30.3 Å². The van der Waals surface area contributed by atoms with Gasteiger partial charge in [-0.15, -0.1) is 0 Å². The van der Waals surface area contributed by atoms with Crippen molar-refractivity contribution in [1.82, 2.24) is 10.2 Å². The van der Waals surface area contributed by atoms with Gasteiger partial charge in [0.05, 0.1) is 21.3 Å². The van der Waals surface area contributed by atoms with Crippen molar-refractivity contribution in [3.8, 4) is 17.2 Å². The predicted molar refractivity (Wildman–Crippen MR) is 124 cm³/mol. The van der Waals surface area contributed by atoms with Crippen LogP contribution in [0.1, 0.15) is 41.3 Å². The Bertz CT molecular complexity index is 979. The van der Waals surface area contributed by atoms with Gasteiger partial charge < -0.3 is 29.2 Å². The number of carbonyl (C=O) groups excluding carboxylic acids is 3. The van der Waals surface area contributed by atoms with Crippen molar-refractivity contribution >= 4 is 17.8 Å². The van der Waals surface area contributed by atoms with E-state index in [1.165, 1.54) is 33.5 Å². The standard InChI is InChI=1S/C25H30N2O7/c1-31-19-14-18(15-20(32-2)23(19)33-3)24(29)26-16-21(28)34-22(17-10-6-4-7-11-17)25(30)27-12-8-5-9-13-27/h4,6-7,10-11,14-15,22H,5,8-9,12-13,16H2,1-3H3,(H,26,29). The molecule has 182 valence electrons. The van der Waals surface area contributed by atoms with Gasteiger partial charge in [-0.05, 0) is 31.4 Å². The summed E-state index contributed by atoms with van der Waals surface area (Å²) in [6, 6.07) is 11.8. The van der Waals surface area contributed by atoms with Gasteiger partial charge in [0, 0.05) is 24.2 Å². The highest BCUT2D eigenvalue weighted by molar-refractivity contribution is 5.97. The fourth-order valence-electron chi connectivity index (χ4n) is 3.81. The molecule has 0 saturated carbocycles. The zero-order chi connectivity index (χ0) is 24.5. The van der Waals surface area contributed by atoms with Gasteiger partial charge in [0.1, 0.15) is 6.54 Å². The van der Waals surface area contributed by atoms with Crippen LogP contribution in [0.5, 0.6) is 17.2 Å². The molecule has 2 aromatic carbocycles. The quantitative estimate of drug-likeness (QED) is 0.562. The summed E-state index contributed by atoms with van der Waals surface area (Å²) in [6.45, 7) is 0.862. The van der Waals surface area contributed by atoms with Gasteiger partial charge in [-0.2, -0.15) is 0 Å². The Morgan fingerprint density at radius 1 is 0.912 bits per heavy atom. The number of amides is 2. The normalized spacial score (nSPS) is 14.0. The van der Waals surface area contributed by atoms with E-state index in [1.54, 1.807) is 29.2 Å². The third kappa shape index (κ3) is 5.98. The van der Waals surface area contributed by atoms with E-state index in [2.05, 4.69) is 5.32 Å². The van der Waals surface area contributed by atoms with Crippen LogP contribution >= 0.6 is 0 Å². The number of likely N-dealkylation sites (tertiary alicyclic amines) is 1. The summed E-state index contributed by atoms with van der Waals surface area (Å²) >= 11 is 0. The SMILES string of the molecule is COc1cc(C(=O)NCC(=O)OC(C(=O)N2CCCCC2)c2ccccc2)cc(OC)c1OC. The summed E-state index contributed by atoms with van der Waals surface area (Å²) in [6.07, 6.45) is 1.86. The average molecular weight is 471 g/mol. The number of rotatable bonds is 9. The Morgan fingerprint density at radius 3 is 2.09 bits per heavy atom. The topological polar surface area (TPSA) is 103 Å². The van der Waals surface area contributed by atoms with E-state index < -0.39 is 24.5 Å². The molecule has 2 aromatic rings. The van der Waals surface area contributed by atoms with Crippen LogP contribution in [0.25, 0.3) is 0 Å². The third-order valence-electron chi connectivity index (χ3n) is 5.56. The molecule has 1 aliphatic rings. The number of hydrogen-bond acceptors (Lipinski definition) is 7. The zero-order valence-corrected chi connectivity index (χ0v) is 19.7. The lowest BCUT2D eigenvalue weighted by atomic mass is 10.1. The first kappa shape index (κ1) is 24.9. The minimum Gasteiger partial charge on any atom is -0.493 e. The Kier molecular flexibility index (Phi) is 8.73. The molecule has 1 atom stereocenters. The summed E-state index contributed by atoms with van der Waals surface area (Å²) in [4.78, 5) is 40.1. The molecular weight excluding hydrogens is 440 g/mol. The predicted octanol–water partition coefficient (Wildman–Crippen LogP) is 2.74. The highest BCUT2D eigenvalue weighted by Gasteiger charge is 2.30. The van der Waals surface area contributed by atoms with Gasteiger partial charge in [0.2, 0.25) is 11.9 Å². The molecule has 0 radical (unpaired) electrons. The second-order valence-electron chi connectivity index (χ2n) is 7.76. The number of piperidine rings is 1. The van der Waals surface area contributed by atoms with E-state index in [1.807, 2.05) is 6.07 Å². The summed E-state index contributed by atoms with van der Waals surface area (Å²) in [7, 11) is 4.35. The van der Waals surface area contributed by atoms with Crippen LogP contribution in [0.4, 0.5) is 0 Å². The number of ether oxygens (including phenoxy) is 4. The maximum Gasteiger partial charge on any atom is 0.326 e. The van der Waals surface area contributed by atoms with Crippen molar-refractivity contribution in [2.24, 2.45) is 0 Å². The van der Waals surface area contributed by atoms with Crippen molar-refractivity contribution in [3.63, 3.8) is 0 Å². The molecule has 9 nitrogen and oxygen atoms in total. The molecule has 0 spiro atoms. The van der Waals surface area contributed by atoms with Crippen molar-refractivity contribution in [1.29, 1.82) is 0 Å². The number of esters is 1. The van der Waals surface area contributed by atoms with Gasteiger partial charge in [-0.3, -0.25) is 14.4 Å². The fourth-order valence-corrected chi connectivity index (χ4v) is 3.81. The molecule has 3 rings (SSSR count). The molecule has 1 aliphatic heterocycles. The van der Waals surface area contributed by atoms with E-state index in [9.17, 15) is 14.4 Å². The van der Waals surface area contributed by atoms with E-state index in [4.69, 9.17) is 18.9 Å². The Balaban J connectivity index is 1.69. The van der Waals surface area contributed by atoms with Gasteiger partial charge in [-0.25, -0.2) is 0 Å². The Labute approximate surface area is 198 Å². The Hall–Kier alpha value is -3.75. The molecule has 0 aliphatic carbocycles. The Morgan fingerprint density at radius 2 is 1.53 bits per heavy atom. The van der Waals surface area contributed by atoms with Crippen molar-refractivity contribution in [2.75, 3.05) is 41.0 Å². The number of nitrogens with one attached hydrogen (secondary N) is 1. The first-order chi connectivity index (χ1) is 16.5. The fraction of sp³-hybridized carbons (Fsp3) is 0.400. The molecule has 1 fully saturated rings. The molecule has 1 heterocycles. The van der Waals surface area contributed by atoms with Crippen molar-refractivity contribution < 1.29 is 33.3 Å². The lowest BCUT2D eigenvalue weighted by molar-refractivity contribution is -0.160. The third-order valence-corrected chi connectivity index (χ3v) is 5.56. The molecule has 34 heavy (non-hydrogen) atoms. The van der Waals surface area contributed by atoms with Gasteiger partial charge in [0.15, 0.2) is 11.5 Å². The highest BCUT2D eigenvalue weighted by atomic mass is 16.6. The molecule has 9 heteroatoms. The van der Waals surface area contributed by atoms with Crippen LogP contribution in [0.2, 0.25) is 0 Å². The lowest BCUT2D eigenvalue weighted by Crippen LogP contribution is -2.41. The lowest BCUT2D eigenvalue weighted by Gasteiger charge is -2.30. The smallest absolute Gasteiger partial charge is 0.326 e. The minimum atomic E-state index is -1.06. The molecule has 2 amide bonds.